The van der Waals surface area contributed by atoms with E-state index in [-0.39, 0.29) is 22.9 Å². The van der Waals surface area contributed by atoms with Gasteiger partial charge in [0.15, 0.2) is 0 Å². The van der Waals surface area contributed by atoms with E-state index in [1.165, 1.54) is 6.42 Å². The summed E-state index contributed by atoms with van der Waals surface area (Å²) in [7, 11) is -2.16. The van der Waals surface area contributed by atoms with Crippen LogP contribution < -0.4 is 0 Å². The van der Waals surface area contributed by atoms with Gasteiger partial charge in [-0.2, -0.15) is 8.42 Å². The van der Waals surface area contributed by atoms with Gasteiger partial charge in [-0.25, -0.2) is 0 Å². The van der Waals surface area contributed by atoms with Crippen LogP contribution in [0.4, 0.5) is 0 Å². The number of ether oxygens (including phenoxy) is 1. The van der Waals surface area contributed by atoms with Crippen LogP contribution in [0.25, 0.3) is 0 Å². The van der Waals surface area contributed by atoms with Crippen LogP contribution in [-0.2, 0) is 18.7 Å². The van der Waals surface area contributed by atoms with Gasteiger partial charge in [0.25, 0.3) is 0 Å². The molecule has 2 N–H and O–H groups in total. The highest BCUT2D eigenvalue weighted by Crippen LogP contribution is 2.64. The average Bonchev–Trinajstić information content (AvgIpc) is 3.02. The van der Waals surface area contributed by atoms with Crippen molar-refractivity contribution in [2.45, 2.75) is 70.3 Å². The summed E-state index contributed by atoms with van der Waals surface area (Å²) in [6.07, 6.45) is 9.13. The van der Waals surface area contributed by atoms with Gasteiger partial charge in [-0.3, -0.25) is 9.35 Å². The molecule has 0 aromatic heterocycles. The highest BCUT2D eigenvalue weighted by atomic mass is 33.1. The lowest BCUT2D eigenvalue weighted by Gasteiger charge is -2.57. The molecule has 4 aliphatic carbocycles. The molecule has 0 radical (unpaired) electrons. The molecule has 8 heteroatoms. The predicted molar refractivity (Wildman–Crippen MR) is 116 cm³/mol. The second-order valence-electron chi connectivity index (χ2n) is 10.7. The topological polar surface area (TPSA) is 101 Å². The van der Waals surface area contributed by atoms with Crippen molar-refractivity contribution in [3.8, 4) is 0 Å². The largest absolute Gasteiger partial charge is 0.387 e. The lowest BCUT2D eigenvalue weighted by molar-refractivity contribution is -0.134. The highest BCUT2D eigenvalue weighted by molar-refractivity contribution is 8.70. The molecule has 0 bridgehead atoms. The number of methoxy groups -OCH3 is 1. The zero-order valence-corrected chi connectivity index (χ0v) is 19.7. The third-order valence-electron chi connectivity index (χ3n) is 9.26. The Balaban J connectivity index is 1.45. The fraction of sp³-hybridized carbons (Fsp3) is 0.955. The maximum absolute atomic E-state index is 12.8. The third kappa shape index (κ3) is 4.24. The van der Waals surface area contributed by atoms with Crippen LogP contribution in [0.15, 0.2) is 0 Å². The van der Waals surface area contributed by atoms with Crippen molar-refractivity contribution in [2.24, 2.45) is 40.9 Å². The highest BCUT2D eigenvalue weighted by Gasteiger charge is 2.59. The third-order valence-corrected chi connectivity index (χ3v) is 11.2. The summed E-state index contributed by atoms with van der Waals surface area (Å²) in [6, 6.07) is 0. The number of hydrogen-bond donors (Lipinski definition) is 2. The van der Waals surface area contributed by atoms with Crippen LogP contribution in [0, 0.1) is 40.9 Å². The first kappa shape index (κ1) is 23.0. The van der Waals surface area contributed by atoms with Gasteiger partial charge < -0.3 is 9.84 Å². The van der Waals surface area contributed by atoms with Crippen molar-refractivity contribution in [1.82, 2.24) is 0 Å². The Hall–Kier alpha value is -0.150. The Morgan fingerprint density at radius 2 is 1.80 bits per heavy atom. The number of carbonyl (C=O) groups is 1. The van der Waals surface area contributed by atoms with Crippen molar-refractivity contribution in [3.05, 3.63) is 0 Å². The molecule has 4 aliphatic rings. The van der Waals surface area contributed by atoms with Gasteiger partial charge in [-0.05, 0) is 92.8 Å². The molecule has 4 rings (SSSR count). The molecule has 0 spiro atoms. The van der Waals surface area contributed by atoms with Crippen LogP contribution in [-0.4, -0.2) is 48.9 Å². The van der Waals surface area contributed by atoms with Crippen molar-refractivity contribution in [1.29, 1.82) is 0 Å². The standard InChI is InChI=1S/C22H36O6S2/c1-21-9-7-16-15-8-10-22(24,13-28-2)11-14(15)3-4-17(16)18(21)5-6-19(21)20(23)12-29-30(25,26)27/h14-19,24H,3-13H2,1-2H3,(H,25,26,27)/t14-,15+,16-,17-,18+,19-,21+,22+/m1/s1. The molecule has 0 aliphatic heterocycles. The van der Waals surface area contributed by atoms with E-state index in [1.807, 2.05) is 0 Å². The molecule has 4 fully saturated rings. The van der Waals surface area contributed by atoms with Crippen LogP contribution in [0.3, 0.4) is 0 Å². The minimum absolute atomic E-state index is 0.0166. The van der Waals surface area contributed by atoms with E-state index >= 15 is 0 Å². The first-order chi connectivity index (χ1) is 14.1. The number of Topliss-reactive ketones (excluding diaryl/α,β-unsaturated/α-hetero) is 1. The maximum atomic E-state index is 12.8. The van der Waals surface area contributed by atoms with Crippen LogP contribution in [0.5, 0.6) is 0 Å². The van der Waals surface area contributed by atoms with E-state index in [1.54, 1.807) is 7.11 Å². The number of fused-ring (bicyclic) bond motifs is 5. The predicted octanol–water partition coefficient (Wildman–Crippen LogP) is 3.74. The van der Waals surface area contributed by atoms with E-state index in [4.69, 9.17) is 9.29 Å². The van der Waals surface area contributed by atoms with Gasteiger partial charge in [0.2, 0.25) is 0 Å². The first-order valence-corrected chi connectivity index (χ1v) is 14.4. The van der Waals surface area contributed by atoms with E-state index < -0.39 is 14.8 Å². The number of rotatable bonds is 6. The van der Waals surface area contributed by atoms with Gasteiger partial charge >= 0.3 is 9.15 Å². The molecule has 30 heavy (non-hydrogen) atoms. The van der Waals surface area contributed by atoms with Crippen LogP contribution >= 0.6 is 10.8 Å². The molecule has 0 aromatic carbocycles. The fourth-order valence-corrected chi connectivity index (χ4v) is 9.39. The lowest BCUT2D eigenvalue weighted by atomic mass is 9.49. The summed E-state index contributed by atoms with van der Waals surface area (Å²) in [5.74, 6) is 2.86. The number of ketones is 1. The minimum Gasteiger partial charge on any atom is -0.387 e. The first-order valence-electron chi connectivity index (χ1n) is 11.4. The molecule has 0 aromatic rings. The molecule has 4 saturated carbocycles. The number of aliphatic hydroxyl groups is 1. The van der Waals surface area contributed by atoms with E-state index in [9.17, 15) is 18.3 Å². The van der Waals surface area contributed by atoms with Gasteiger partial charge in [0, 0.05) is 23.8 Å². The summed E-state index contributed by atoms with van der Waals surface area (Å²) >= 11 is 0. The molecule has 0 saturated heterocycles. The van der Waals surface area contributed by atoms with Crippen molar-refractivity contribution in [2.75, 3.05) is 19.5 Å². The van der Waals surface area contributed by atoms with Crippen molar-refractivity contribution < 1.29 is 27.6 Å². The van der Waals surface area contributed by atoms with E-state index in [0.717, 1.165) is 51.4 Å². The molecule has 0 amide bonds. The zero-order valence-electron chi connectivity index (χ0n) is 18.1. The minimum atomic E-state index is -4.18. The fourth-order valence-electron chi connectivity index (χ4n) is 8.12. The lowest BCUT2D eigenvalue weighted by Crippen LogP contribution is -2.52. The second-order valence-corrected chi connectivity index (χ2v) is 14.0. The molecular weight excluding hydrogens is 424 g/mol. The molecule has 6 nitrogen and oxygen atoms in total. The maximum Gasteiger partial charge on any atom is 0.320 e. The van der Waals surface area contributed by atoms with Gasteiger partial charge in [-0.15, -0.1) is 0 Å². The molecular formula is C22H36O6S2. The average molecular weight is 461 g/mol. The van der Waals surface area contributed by atoms with Crippen molar-refractivity contribution in [3.63, 3.8) is 0 Å². The normalized spacial score (nSPS) is 46.0. The summed E-state index contributed by atoms with van der Waals surface area (Å²) in [4.78, 5) is 12.8. The van der Waals surface area contributed by atoms with E-state index in [0.29, 0.717) is 47.0 Å². The zero-order chi connectivity index (χ0) is 21.7. The molecule has 172 valence electrons. The summed E-state index contributed by atoms with van der Waals surface area (Å²) in [6.45, 7) is 2.68. The number of hydrogen-bond acceptors (Lipinski definition) is 6. The Bertz CT molecular complexity index is 770. The monoisotopic (exact) mass is 460 g/mol. The quantitative estimate of drug-likeness (QED) is 0.460. The van der Waals surface area contributed by atoms with Crippen molar-refractivity contribution >= 4 is 25.7 Å². The van der Waals surface area contributed by atoms with E-state index in [2.05, 4.69) is 6.92 Å². The van der Waals surface area contributed by atoms with Crippen LogP contribution in [0.1, 0.15) is 64.7 Å². The molecule has 0 heterocycles. The van der Waals surface area contributed by atoms with Gasteiger partial charge in [-0.1, -0.05) is 6.92 Å². The summed E-state index contributed by atoms with van der Waals surface area (Å²) in [5.41, 5.74) is -0.710. The summed E-state index contributed by atoms with van der Waals surface area (Å²) < 4.78 is 36.4. The SMILES string of the molecule is COC[C@]1(O)CC[C@H]2[C@H](CC[C@@H]3[C@@H]2CC[C@]2(C)[C@@H](C(=O)CSS(=O)(=O)O)CC[C@@H]32)C1. The molecule has 0 unspecified atom stereocenters. The molecule has 8 atom stereocenters. The Kier molecular flexibility index (Phi) is 6.39. The second kappa shape index (κ2) is 8.32. The smallest absolute Gasteiger partial charge is 0.320 e. The van der Waals surface area contributed by atoms with Gasteiger partial charge in [0.1, 0.15) is 5.78 Å². The number of carbonyl (C=O) groups excluding carboxylic acids is 1. The Morgan fingerprint density at radius 1 is 1.07 bits per heavy atom. The van der Waals surface area contributed by atoms with Gasteiger partial charge in [0.05, 0.1) is 18.0 Å². The Labute approximate surface area is 184 Å². The summed E-state index contributed by atoms with van der Waals surface area (Å²) in [5, 5.41) is 10.9. The van der Waals surface area contributed by atoms with Crippen LogP contribution in [0.2, 0.25) is 0 Å². The Morgan fingerprint density at radius 3 is 2.50 bits per heavy atom.